The second-order valence-corrected chi connectivity index (χ2v) is 7.91. The molecule has 0 unspecified atom stereocenters. The molecule has 0 bridgehead atoms. The molecular weight excluding hydrogens is 410 g/mol. The summed E-state index contributed by atoms with van der Waals surface area (Å²) in [5, 5.41) is 11.2. The van der Waals surface area contributed by atoms with Crippen molar-refractivity contribution in [1.82, 2.24) is 14.8 Å². The van der Waals surface area contributed by atoms with E-state index in [4.69, 9.17) is 9.47 Å². The molecule has 8 heteroatoms. The minimum atomic E-state index is -0.681. The second kappa shape index (κ2) is 9.50. The van der Waals surface area contributed by atoms with Gasteiger partial charge in [0, 0.05) is 44.1 Å². The number of hydrogen-bond donors (Lipinski definition) is 1. The zero-order chi connectivity index (χ0) is 22.7. The van der Waals surface area contributed by atoms with Gasteiger partial charge in [0.1, 0.15) is 11.5 Å². The van der Waals surface area contributed by atoms with Crippen molar-refractivity contribution in [2.24, 2.45) is 0 Å². The number of nitrogens with zero attached hydrogens (tertiary/aromatic N) is 3. The standard InChI is InChI=1S/C24H27N3O5/c1-16-15-18(3-4-19(16)31-2)22(28)20-21(17-5-7-25-8-6-17)27(24(30)23(20)29)10-9-26-11-13-32-14-12-26/h3-8,15,21,28H,9-14H2,1-2H3/b22-20+/t21-/m0/s1. The Labute approximate surface area is 187 Å². The van der Waals surface area contributed by atoms with Crippen molar-refractivity contribution in [1.29, 1.82) is 0 Å². The van der Waals surface area contributed by atoms with E-state index in [9.17, 15) is 14.7 Å². The number of methoxy groups -OCH3 is 1. The molecule has 2 aromatic rings. The molecular formula is C24H27N3O5. The quantitative estimate of drug-likeness (QED) is 0.421. The summed E-state index contributed by atoms with van der Waals surface area (Å²) in [5.41, 5.74) is 2.10. The molecule has 1 atom stereocenters. The highest BCUT2D eigenvalue weighted by atomic mass is 16.5. The molecule has 1 amide bonds. The molecule has 2 aliphatic rings. The van der Waals surface area contributed by atoms with E-state index in [1.54, 1.807) is 54.7 Å². The highest BCUT2D eigenvalue weighted by Gasteiger charge is 2.46. The zero-order valence-electron chi connectivity index (χ0n) is 18.3. The molecule has 2 fully saturated rings. The molecule has 1 aromatic heterocycles. The van der Waals surface area contributed by atoms with Crippen LogP contribution in [0.1, 0.15) is 22.7 Å². The maximum Gasteiger partial charge on any atom is 0.295 e. The number of pyridine rings is 1. The summed E-state index contributed by atoms with van der Waals surface area (Å²) in [7, 11) is 1.57. The normalized spacial score (nSPS) is 21.2. The van der Waals surface area contributed by atoms with Crippen LogP contribution >= 0.6 is 0 Å². The number of benzene rings is 1. The van der Waals surface area contributed by atoms with Crippen LogP contribution in [0.3, 0.4) is 0 Å². The number of aliphatic hydroxyl groups excluding tert-OH is 1. The summed E-state index contributed by atoms with van der Waals surface area (Å²) in [6.45, 7) is 5.74. The van der Waals surface area contributed by atoms with Gasteiger partial charge in [-0.15, -0.1) is 0 Å². The van der Waals surface area contributed by atoms with Gasteiger partial charge < -0.3 is 19.5 Å². The van der Waals surface area contributed by atoms with E-state index in [2.05, 4.69) is 9.88 Å². The van der Waals surface area contributed by atoms with Gasteiger partial charge in [-0.3, -0.25) is 19.5 Å². The minimum absolute atomic E-state index is 0.0905. The number of hydrogen-bond acceptors (Lipinski definition) is 7. The molecule has 8 nitrogen and oxygen atoms in total. The molecule has 0 aliphatic carbocycles. The van der Waals surface area contributed by atoms with Gasteiger partial charge in [-0.2, -0.15) is 0 Å². The van der Waals surface area contributed by atoms with Crippen molar-refractivity contribution in [2.75, 3.05) is 46.5 Å². The summed E-state index contributed by atoms with van der Waals surface area (Å²) < 4.78 is 10.7. The van der Waals surface area contributed by atoms with Crippen LogP contribution in [0.2, 0.25) is 0 Å². The number of likely N-dealkylation sites (tertiary alicyclic amines) is 1. The first-order valence-electron chi connectivity index (χ1n) is 10.6. The highest BCUT2D eigenvalue weighted by Crippen LogP contribution is 2.39. The number of amides is 1. The lowest BCUT2D eigenvalue weighted by molar-refractivity contribution is -0.140. The summed E-state index contributed by atoms with van der Waals surface area (Å²) in [5.74, 6) is -0.797. The maximum absolute atomic E-state index is 13.1. The third kappa shape index (κ3) is 4.24. The van der Waals surface area contributed by atoms with Gasteiger partial charge in [-0.25, -0.2) is 0 Å². The zero-order valence-corrected chi connectivity index (χ0v) is 18.3. The highest BCUT2D eigenvalue weighted by molar-refractivity contribution is 6.46. The van der Waals surface area contributed by atoms with Crippen molar-refractivity contribution >= 4 is 17.4 Å². The molecule has 3 heterocycles. The molecule has 32 heavy (non-hydrogen) atoms. The molecule has 2 aliphatic heterocycles. The Morgan fingerprint density at radius 1 is 1.16 bits per heavy atom. The lowest BCUT2D eigenvalue weighted by atomic mass is 9.95. The van der Waals surface area contributed by atoms with Crippen molar-refractivity contribution in [3.05, 3.63) is 65.0 Å². The fraction of sp³-hybridized carbons (Fsp3) is 0.375. The SMILES string of the molecule is COc1ccc(/C(O)=C2\C(=O)C(=O)N(CCN3CCOCC3)[C@H]2c2ccncc2)cc1C. The number of ether oxygens (including phenoxy) is 2. The van der Waals surface area contributed by atoms with Gasteiger partial charge in [0.25, 0.3) is 11.7 Å². The number of aliphatic hydroxyl groups is 1. The third-order valence-corrected chi connectivity index (χ3v) is 5.99. The van der Waals surface area contributed by atoms with E-state index in [1.165, 1.54) is 0 Å². The van der Waals surface area contributed by atoms with Crippen molar-refractivity contribution < 1.29 is 24.2 Å². The van der Waals surface area contributed by atoms with Crippen molar-refractivity contribution in [3.8, 4) is 5.75 Å². The number of aryl methyl sites for hydroxylation is 1. The van der Waals surface area contributed by atoms with Gasteiger partial charge in [-0.05, 0) is 48.4 Å². The number of aromatic nitrogens is 1. The molecule has 1 aromatic carbocycles. The van der Waals surface area contributed by atoms with Crippen LogP contribution in [0.5, 0.6) is 5.75 Å². The predicted molar refractivity (Wildman–Crippen MR) is 118 cm³/mol. The minimum Gasteiger partial charge on any atom is -0.507 e. The second-order valence-electron chi connectivity index (χ2n) is 7.91. The lowest BCUT2D eigenvalue weighted by Crippen LogP contribution is -2.42. The van der Waals surface area contributed by atoms with Crippen molar-refractivity contribution in [2.45, 2.75) is 13.0 Å². The van der Waals surface area contributed by atoms with Crippen LogP contribution in [-0.4, -0.2) is 78.1 Å². The van der Waals surface area contributed by atoms with Crippen LogP contribution in [0.4, 0.5) is 0 Å². The van der Waals surface area contributed by atoms with Gasteiger partial charge in [0.2, 0.25) is 0 Å². The summed E-state index contributed by atoms with van der Waals surface area (Å²) >= 11 is 0. The topological polar surface area (TPSA) is 92.2 Å². The van der Waals surface area contributed by atoms with Crippen LogP contribution in [0.15, 0.2) is 48.3 Å². The first-order chi connectivity index (χ1) is 15.5. The van der Waals surface area contributed by atoms with Crippen LogP contribution in [0.25, 0.3) is 5.76 Å². The Morgan fingerprint density at radius 2 is 1.88 bits per heavy atom. The van der Waals surface area contributed by atoms with E-state index < -0.39 is 17.7 Å². The fourth-order valence-electron chi connectivity index (χ4n) is 4.26. The number of morpholine rings is 1. The molecule has 0 spiro atoms. The first kappa shape index (κ1) is 22.0. The molecule has 168 valence electrons. The number of Topliss-reactive ketones (excluding diaryl/α,β-unsaturated/α-hetero) is 1. The van der Waals surface area contributed by atoms with E-state index in [-0.39, 0.29) is 11.3 Å². The first-order valence-corrected chi connectivity index (χ1v) is 10.6. The van der Waals surface area contributed by atoms with Crippen LogP contribution < -0.4 is 4.74 Å². The fourth-order valence-corrected chi connectivity index (χ4v) is 4.26. The molecule has 0 saturated carbocycles. The Balaban J connectivity index is 1.72. The predicted octanol–water partition coefficient (Wildman–Crippen LogP) is 2.15. The Morgan fingerprint density at radius 3 is 2.53 bits per heavy atom. The molecule has 1 N–H and O–H groups in total. The van der Waals surface area contributed by atoms with Gasteiger partial charge in [-0.1, -0.05) is 0 Å². The Hall–Kier alpha value is -3.23. The molecule has 2 saturated heterocycles. The van der Waals surface area contributed by atoms with E-state index in [1.807, 2.05) is 6.92 Å². The molecule has 4 rings (SSSR count). The van der Waals surface area contributed by atoms with Crippen LogP contribution in [0, 0.1) is 6.92 Å². The number of rotatable bonds is 6. The lowest BCUT2D eigenvalue weighted by Gasteiger charge is -2.31. The number of carbonyl (C=O) groups excluding carboxylic acids is 2. The third-order valence-electron chi connectivity index (χ3n) is 5.99. The number of ketones is 1. The summed E-state index contributed by atoms with van der Waals surface area (Å²) in [6.07, 6.45) is 3.24. The van der Waals surface area contributed by atoms with Gasteiger partial charge >= 0.3 is 0 Å². The maximum atomic E-state index is 13.1. The smallest absolute Gasteiger partial charge is 0.295 e. The summed E-state index contributed by atoms with van der Waals surface area (Å²) in [6, 6.07) is 8.03. The average molecular weight is 437 g/mol. The summed E-state index contributed by atoms with van der Waals surface area (Å²) in [4.78, 5) is 33.9. The van der Waals surface area contributed by atoms with Gasteiger partial charge in [0.05, 0.1) is 31.9 Å². The van der Waals surface area contributed by atoms with E-state index >= 15 is 0 Å². The van der Waals surface area contributed by atoms with E-state index in [0.29, 0.717) is 37.6 Å². The van der Waals surface area contributed by atoms with Crippen LogP contribution in [-0.2, 0) is 14.3 Å². The largest absolute Gasteiger partial charge is 0.507 e. The molecule has 0 radical (unpaired) electrons. The van der Waals surface area contributed by atoms with E-state index in [0.717, 1.165) is 24.2 Å². The van der Waals surface area contributed by atoms with Crippen molar-refractivity contribution in [3.63, 3.8) is 0 Å². The average Bonchev–Trinajstić information content (AvgIpc) is 3.08. The number of carbonyl (C=O) groups is 2. The Bertz CT molecular complexity index is 1030. The Kier molecular flexibility index (Phi) is 6.53. The van der Waals surface area contributed by atoms with Gasteiger partial charge in [0.15, 0.2) is 0 Å². The monoisotopic (exact) mass is 437 g/mol.